The highest BCUT2D eigenvalue weighted by atomic mass is 19.4. The number of aromatic hydroxyl groups is 1. The molecule has 0 aliphatic carbocycles. The van der Waals surface area contributed by atoms with E-state index in [0.29, 0.717) is 17.7 Å². The fraction of sp³-hybridized carbons (Fsp3) is 0.211. The van der Waals surface area contributed by atoms with Gasteiger partial charge in [0.05, 0.1) is 5.56 Å². The number of nitrogens with two attached hydrogens (primary N) is 1. The van der Waals surface area contributed by atoms with E-state index < -0.39 is 52.8 Å². The Morgan fingerprint density at radius 1 is 1.07 bits per heavy atom. The third-order valence-electron chi connectivity index (χ3n) is 3.77. The molecule has 8 nitrogen and oxygen atoms in total. The van der Waals surface area contributed by atoms with Crippen molar-refractivity contribution in [3.63, 3.8) is 0 Å². The van der Waals surface area contributed by atoms with Gasteiger partial charge in [0.2, 0.25) is 0 Å². The molecular weight excluding hydrogens is 411 g/mol. The van der Waals surface area contributed by atoms with Crippen LogP contribution in [-0.2, 0) is 22.2 Å². The van der Waals surface area contributed by atoms with Gasteiger partial charge < -0.3 is 25.4 Å². The van der Waals surface area contributed by atoms with Gasteiger partial charge in [0, 0.05) is 6.92 Å². The summed E-state index contributed by atoms with van der Waals surface area (Å²) >= 11 is 0. The van der Waals surface area contributed by atoms with Crippen molar-refractivity contribution in [3.05, 3.63) is 53.1 Å². The highest BCUT2D eigenvalue weighted by Gasteiger charge is 2.35. The van der Waals surface area contributed by atoms with Gasteiger partial charge in [-0.2, -0.15) is 13.2 Å². The van der Waals surface area contributed by atoms with Gasteiger partial charge in [-0.1, -0.05) is 12.1 Å². The molecule has 11 heteroatoms. The van der Waals surface area contributed by atoms with E-state index in [1.807, 2.05) is 0 Å². The Balaban J connectivity index is 2.39. The number of rotatable bonds is 6. The van der Waals surface area contributed by atoms with Crippen molar-refractivity contribution in [1.29, 1.82) is 0 Å². The van der Waals surface area contributed by atoms with Crippen molar-refractivity contribution in [2.24, 2.45) is 5.73 Å². The number of ether oxygens (including phenoxy) is 2. The van der Waals surface area contributed by atoms with Gasteiger partial charge in [0.1, 0.15) is 28.9 Å². The van der Waals surface area contributed by atoms with Crippen LogP contribution in [0.5, 0.6) is 17.2 Å². The standard InChI is InChI=1S/C19H16F3NO7/c1-9(24)29-14-7-11(19(20,21)22)8-15(16(14)17(26)27)30-18(28)13(23)6-10-2-4-12(25)5-3-10/h2-5,7-8,13,25H,6,23H2,1H3,(H,26,27)/t13-/m0/s1. The second-order valence-corrected chi connectivity index (χ2v) is 6.14. The SMILES string of the molecule is CC(=O)Oc1cc(C(F)(F)F)cc(OC(=O)[C@@H](N)Cc2ccc(O)cc2)c1C(=O)O. The number of phenolic OH excluding ortho intramolecular Hbond substituents is 1. The average Bonchev–Trinajstić information content (AvgIpc) is 2.61. The molecule has 0 amide bonds. The van der Waals surface area contributed by atoms with Crippen LogP contribution >= 0.6 is 0 Å². The number of hydrogen-bond donors (Lipinski definition) is 3. The Bertz CT molecular complexity index is 971. The van der Waals surface area contributed by atoms with E-state index >= 15 is 0 Å². The Labute approximate surface area is 167 Å². The van der Waals surface area contributed by atoms with Crippen LogP contribution in [0, 0.1) is 0 Å². The maximum Gasteiger partial charge on any atom is 0.416 e. The van der Waals surface area contributed by atoms with E-state index in [2.05, 4.69) is 4.74 Å². The van der Waals surface area contributed by atoms with Gasteiger partial charge in [0.15, 0.2) is 0 Å². The van der Waals surface area contributed by atoms with Crippen molar-refractivity contribution in [3.8, 4) is 17.2 Å². The second-order valence-electron chi connectivity index (χ2n) is 6.14. The first-order valence-electron chi connectivity index (χ1n) is 8.30. The van der Waals surface area contributed by atoms with Gasteiger partial charge in [0.25, 0.3) is 0 Å². The van der Waals surface area contributed by atoms with Crippen molar-refractivity contribution in [2.45, 2.75) is 25.6 Å². The number of benzene rings is 2. The zero-order valence-corrected chi connectivity index (χ0v) is 15.4. The minimum absolute atomic E-state index is 0.0250. The Hall–Kier alpha value is -3.60. The van der Waals surface area contributed by atoms with Gasteiger partial charge >= 0.3 is 24.1 Å². The molecule has 0 aliphatic rings. The van der Waals surface area contributed by atoms with Crippen LogP contribution in [0.15, 0.2) is 36.4 Å². The lowest BCUT2D eigenvalue weighted by Crippen LogP contribution is -2.36. The number of halogens is 3. The summed E-state index contributed by atoms with van der Waals surface area (Å²) in [4.78, 5) is 35.0. The lowest BCUT2D eigenvalue weighted by molar-refractivity contribution is -0.140. The van der Waals surface area contributed by atoms with Crippen LogP contribution in [-0.4, -0.2) is 34.2 Å². The van der Waals surface area contributed by atoms with Crippen LogP contribution in [0.3, 0.4) is 0 Å². The molecule has 0 aromatic heterocycles. The van der Waals surface area contributed by atoms with Crippen LogP contribution in [0.25, 0.3) is 0 Å². The number of phenols is 1. The molecule has 2 aromatic carbocycles. The molecule has 0 spiro atoms. The topological polar surface area (TPSA) is 136 Å². The molecular formula is C19H16F3NO7. The summed E-state index contributed by atoms with van der Waals surface area (Å²) in [5.74, 6) is -5.99. The highest BCUT2D eigenvalue weighted by Crippen LogP contribution is 2.38. The van der Waals surface area contributed by atoms with E-state index in [1.54, 1.807) is 0 Å². The third kappa shape index (κ3) is 5.70. The summed E-state index contributed by atoms with van der Waals surface area (Å²) in [6, 6.07) is 4.88. The quantitative estimate of drug-likeness (QED) is 0.473. The lowest BCUT2D eigenvalue weighted by atomic mass is 10.1. The van der Waals surface area contributed by atoms with E-state index in [0.717, 1.165) is 6.92 Å². The number of aromatic carboxylic acids is 1. The zero-order chi connectivity index (χ0) is 22.6. The summed E-state index contributed by atoms with van der Waals surface area (Å²) in [7, 11) is 0. The normalized spacial score (nSPS) is 12.2. The van der Waals surface area contributed by atoms with Crippen molar-refractivity contribution in [1.82, 2.24) is 0 Å². The minimum atomic E-state index is -4.94. The summed E-state index contributed by atoms with van der Waals surface area (Å²) in [6.07, 6.45) is -5.04. The summed E-state index contributed by atoms with van der Waals surface area (Å²) in [5, 5.41) is 18.6. The molecule has 1 atom stereocenters. The van der Waals surface area contributed by atoms with Crippen LogP contribution in [0.2, 0.25) is 0 Å². The first kappa shape index (κ1) is 22.7. The number of hydrogen-bond acceptors (Lipinski definition) is 7. The molecule has 0 bridgehead atoms. The average molecular weight is 427 g/mol. The van der Waals surface area contributed by atoms with E-state index in [9.17, 15) is 37.8 Å². The van der Waals surface area contributed by atoms with Crippen LogP contribution in [0.4, 0.5) is 13.2 Å². The van der Waals surface area contributed by atoms with Crippen molar-refractivity contribution < 1.29 is 47.2 Å². The van der Waals surface area contributed by atoms with Crippen molar-refractivity contribution >= 4 is 17.9 Å². The van der Waals surface area contributed by atoms with E-state index in [-0.39, 0.29) is 12.2 Å². The molecule has 0 radical (unpaired) electrons. The molecule has 0 saturated heterocycles. The Morgan fingerprint density at radius 2 is 1.60 bits per heavy atom. The molecule has 0 heterocycles. The summed E-state index contributed by atoms with van der Waals surface area (Å²) < 4.78 is 48.9. The van der Waals surface area contributed by atoms with E-state index in [4.69, 9.17) is 10.5 Å². The predicted molar refractivity (Wildman–Crippen MR) is 95.1 cm³/mol. The number of alkyl halides is 3. The number of carboxylic acids is 1. The number of carboxylic acid groups (broad SMARTS) is 1. The van der Waals surface area contributed by atoms with Gasteiger partial charge in [-0.05, 0) is 36.2 Å². The van der Waals surface area contributed by atoms with Crippen LogP contribution < -0.4 is 15.2 Å². The fourth-order valence-corrected chi connectivity index (χ4v) is 2.43. The van der Waals surface area contributed by atoms with Gasteiger partial charge in [-0.15, -0.1) is 0 Å². The monoisotopic (exact) mass is 427 g/mol. The second kappa shape index (κ2) is 8.82. The van der Waals surface area contributed by atoms with Crippen molar-refractivity contribution in [2.75, 3.05) is 0 Å². The minimum Gasteiger partial charge on any atom is -0.508 e. The highest BCUT2D eigenvalue weighted by molar-refractivity contribution is 5.96. The number of carbonyl (C=O) groups is 3. The molecule has 2 rings (SSSR count). The predicted octanol–water partition coefficient (Wildman–Crippen LogP) is 2.51. The molecule has 0 aliphatic heterocycles. The Morgan fingerprint density at radius 3 is 2.07 bits per heavy atom. The Kier molecular flexibility index (Phi) is 6.67. The number of carbonyl (C=O) groups excluding carboxylic acids is 2. The largest absolute Gasteiger partial charge is 0.508 e. The maximum absolute atomic E-state index is 13.2. The third-order valence-corrected chi connectivity index (χ3v) is 3.77. The first-order valence-corrected chi connectivity index (χ1v) is 8.30. The van der Waals surface area contributed by atoms with E-state index in [1.165, 1.54) is 24.3 Å². The lowest BCUT2D eigenvalue weighted by Gasteiger charge is -2.17. The summed E-state index contributed by atoms with van der Waals surface area (Å²) in [5.41, 5.74) is 3.89. The molecule has 0 unspecified atom stereocenters. The molecule has 4 N–H and O–H groups in total. The smallest absolute Gasteiger partial charge is 0.416 e. The number of esters is 2. The van der Waals surface area contributed by atoms with Crippen LogP contribution in [0.1, 0.15) is 28.4 Å². The fourth-order valence-electron chi connectivity index (χ4n) is 2.43. The summed E-state index contributed by atoms with van der Waals surface area (Å²) in [6.45, 7) is 0.866. The molecule has 160 valence electrons. The molecule has 30 heavy (non-hydrogen) atoms. The van der Waals surface area contributed by atoms with Gasteiger partial charge in [-0.3, -0.25) is 4.79 Å². The first-order chi connectivity index (χ1) is 13.9. The maximum atomic E-state index is 13.2. The molecule has 0 saturated carbocycles. The zero-order valence-electron chi connectivity index (χ0n) is 15.4. The van der Waals surface area contributed by atoms with Gasteiger partial charge in [-0.25, -0.2) is 9.59 Å². The molecule has 0 fully saturated rings. The molecule has 2 aromatic rings.